The van der Waals surface area contributed by atoms with Crippen LogP contribution in [0.2, 0.25) is 0 Å². The van der Waals surface area contributed by atoms with E-state index in [2.05, 4.69) is 10.3 Å². The molecule has 3 aromatic rings. The lowest BCUT2D eigenvalue weighted by atomic mass is 10.4. The molecule has 1 N–H and O–H groups in total. The van der Waals surface area contributed by atoms with Gasteiger partial charge in [-0.2, -0.15) is 0 Å². The van der Waals surface area contributed by atoms with E-state index in [4.69, 9.17) is 0 Å². The summed E-state index contributed by atoms with van der Waals surface area (Å²) < 4.78 is 25.1. The van der Waals surface area contributed by atoms with Gasteiger partial charge in [0.25, 0.3) is 5.91 Å². The van der Waals surface area contributed by atoms with Crippen molar-refractivity contribution < 1.29 is 13.2 Å². The van der Waals surface area contributed by atoms with Crippen molar-refractivity contribution in [2.45, 2.75) is 9.10 Å². The second-order valence-electron chi connectivity index (χ2n) is 4.63. The van der Waals surface area contributed by atoms with Gasteiger partial charge in [0.1, 0.15) is 4.21 Å². The van der Waals surface area contributed by atoms with Gasteiger partial charge in [-0.3, -0.25) is 9.78 Å². The Hall–Kier alpha value is -2.51. The van der Waals surface area contributed by atoms with Gasteiger partial charge < -0.3 is 5.32 Å². The first-order valence-electron chi connectivity index (χ1n) is 6.69. The zero-order valence-corrected chi connectivity index (χ0v) is 13.5. The number of aromatic nitrogens is 1. The number of hydrogen-bond donors (Lipinski definition) is 1. The monoisotopic (exact) mass is 344 g/mol. The molecule has 0 spiro atoms. The van der Waals surface area contributed by atoms with Gasteiger partial charge in [0.05, 0.1) is 21.7 Å². The standard InChI is InChI=1S/C16H12N2O3S2/c19-16(18-12-5-4-10-17-11-12)14-8-9-15(22-14)23(20,21)13-6-2-1-3-7-13/h1-11H,(H,18,19). The normalized spacial score (nSPS) is 11.1. The molecule has 5 nitrogen and oxygen atoms in total. The predicted octanol–water partition coefficient (Wildman–Crippen LogP) is 3.23. The van der Waals surface area contributed by atoms with Gasteiger partial charge in [0, 0.05) is 6.20 Å². The van der Waals surface area contributed by atoms with Crippen molar-refractivity contribution >= 4 is 32.8 Å². The van der Waals surface area contributed by atoms with Gasteiger partial charge in [-0.05, 0) is 36.4 Å². The second kappa shape index (κ2) is 6.31. The van der Waals surface area contributed by atoms with Crippen molar-refractivity contribution in [1.29, 1.82) is 0 Å². The molecule has 0 atom stereocenters. The molecule has 7 heteroatoms. The molecule has 0 fully saturated rings. The average molecular weight is 344 g/mol. The Labute approximate surface area is 137 Å². The van der Waals surface area contributed by atoms with Crippen LogP contribution in [-0.2, 0) is 9.84 Å². The molecule has 116 valence electrons. The van der Waals surface area contributed by atoms with Crippen LogP contribution in [0, 0.1) is 0 Å². The number of rotatable bonds is 4. The van der Waals surface area contributed by atoms with Crippen LogP contribution < -0.4 is 5.32 Å². The van der Waals surface area contributed by atoms with Crippen LogP contribution in [0.1, 0.15) is 9.67 Å². The van der Waals surface area contributed by atoms with Crippen LogP contribution in [0.25, 0.3) is 0 Å². The van der Waals surface area contributed by atoms with Crippen molar-refractivity contribution in [2.75, 3.05) is 5.32 Å². The van der Waals surface area contributed by atoms with Gasteiger partial charge in [0.15, 0.2) is 0 Å². The highest BCUT2D eigenvalue weighted by Crippen LogP contribution is 2.28. The summed E-state index contributed by atoms with van der Waals surface area (Å²) in [6.45, 7) is 0. The molecule has 0 radical (unpaired) electrons. The van der Waals surface area contributed by atoms with E-state index in [9.17, 15) is 13.2 Å². The lowest BCUT2D eigenvalue weighted by molar-refractivity contribution is 0.103. The highest BCUT2D eigenvalue weighted by Gasteiger charge is 2.21. The summed E-state index contributed by atoms with van der Waals surface area (Å²) in [5, 5.41) is 2.68. The Morgan fingerprint density at radius 1 is 1.00 bits per heavy atom. The van der Waals surface area contributed by atoms with Gasteiger partial charge in [0.2, 0.25) is 9.84 Å². The SMILES string of the molecule is O=C(Nc1cccnc1)c1ccc(S(=O)(=O)c2ccccc2)s1. The second-order valence-corrected chi connectivity index (χ2v) is 7.89. The van der Waals surface area contributed by atoms with E-state index in [1.165, 1.54) is 30.5 Å². The van der Waals surface area contributed by atoms with E-state index in [0.717, 1.165) is 11.3 Å². The molecule has 3 rings (SSSR count). The molecular weight excluding hydrogens is 332 g/mol. The smallest absolute Gasteiger partial charge is 0.265 e. The van der Waals surface area contributed by atoms with Gasteiger partial charge in [-0.1, -0.05) is 18.2 Å². The highest BCUT2D eigenvalue weighted by atomic mass is 32.2. The largest absolute Gasteiger partial charge is 0.320 e. The van der Waals surface area contributed by atoms with Crippen LogP contribution in [0.5, 0.6) is 0 Å². The maximum atomic E-state index is 12.5. The molecule has 2 aromatic heterocycles. The molecule has 0 unspecified atom stereocenters. The summed E-state index contributed by atoms with van der Waals surface area (Å²) in [6, 6.07) is 14.5. The molecular formula is C16H12N2O3S2. The zero-order valence-electron chi connectivity index (χ0n) is 11.8. The molecule has 0 aliphatic rings. The summed E-state index contributed by atoms with van der Waals surface area (Å²) in [4.78, 5) is 16.6. The molecule has 0 aliphatic carbocycles. The molecule has 2 heterocycles. The molecule has 1 aromatic carbocycles. The van der Waals surface area contributed by atoms with Crippen LogP contribution in [0.15, 0.2) is 76.1 Å². The van der Waals surface area contributed by atoms with E-state index >= 15 is 0 Å². The summed E-state index contributed by atoms with van der Waals surface area (Å²) in [7, 11) is -3.60. The van der Waals surface area contributed by atoms with Gasteiger partial charge in [-0.15, -0.1) is 11.3 Å². The fourth-order valence-electron chi connectivity index (χ4n) is 1.93. The number of carbonyl (C=O) groups excluding carboxylic acids is 1. The van der Waals surface area contributed by atoms with Crippen molar-refractivity contribution in [3.63, 3.8) is 0 Å². The number of sulfone groups is 1. The zero-order chi connectivity index (χ0) is 16.3. The minimum Gasteiger partial charge on any atom is -0.320 e. The quantitative estimate of drug-likeness (QED) is 0.788. The number of amides is 1. The molecule has 0 saturated heterocycles. The minimum atomic E-state index is -3.60. The third kappa shape index (κ3) is 3.30. The number of anilines is 1. The summed E-state index contributed by atoms with van der Waals surface area (Å²) in [5.74, 6) is -0.363. The lowest BCUT2D eigenvalue weighted by Crippen LogP contribution is -2.10. The Morgan fingerprint density at radius 3 is 2.48 bits per heavy atom. The van der Waals surface area contributed by atoms with Crippen LogP contribution in [0.4, 0.5) is 5.69 Å². The minimum absolute atomic E-state index is 0.139. The Bertz CT molecular complexity index is 920. The predicted molar refractivity (Wildman–Crippen MR) is 88.4 cm³/mol. The van der Waals surface area contributed by atoms with E-state index in [-0.39, 0.29) is 15.0 Å². The van der Waals surface area contributed by atoms with Crippen molar-refractivity contribution in [3.05, 3.63) is 71.9 Å². The lowest BCUT2D eigenvalue weighted by Gasteiger charge is -2.02. The Balaban J connectivity index is 1.85. The van der Waals surface area contributed by atoms with E-state index in [1.54, 1.807) is 36.5 Å². The fraction of sp³-hybridized carbons (Fsp3) is 0. The third-order valence-electron chi connectivity index (χ3n) is 3.04. The highest BCUT2D eigenvalue weighted by molar-refractivity contribution is 7.93. The first-order valence-corrected chi connectivity index (χ1v) is 8.99. The molecule has 0 bridgehead atoms. The summed E-state index contributed by atoms with van der Waals surface area (Å²) in [6.07, 6.45) is 3.12. The maximum Gasteiger partial charge on any atom is 0.265 e. The number of benzene rings is 1. The van der Waals surface area contributed by atoms with Crippen LogP contribution in [0.3, 0.4) is 0 Å². The van der Waals surface area contributed by atoms with Crippen molar-refractivity contribution in [1.82, 2.24) is 4.98 Å². The number of nitrogens with one attached hydrogen (secondary N) is 1. The Morgan fingerprint density at radius 2 is 1.78 bits per heavy atom. The topological polar surface area (TPSA) is 76.1 Å². The summed E-state index contributed by atoms with van der Waals surface area (Å²) >= 11 is 0.942. The number of pyridine rings is 1. The van der Waals surface area contributed by atoms with Crippen LogP contribution in [-0.4, -0.2) is 19.3 Å². The average Bonchev–Trinajstić information content (AvgIpc) is 3.07. The Kier molecular flexibility index (Phi) is 4.22. The van der Waals surface area contributed by atoms with E-state index in [0.29, 0.717) is 10.6 Å². The summed E-state index contributed by atoms with van der Waals surface area (Å²) in [5.41, 5.74) is 0.554. The van der Waals surface area contributed by atoms with E-state index in [1.807, 2.05) is 0 Å². The van der Waals surface area contributed by atoms with Gasteiger partial charge >= 0.3 is 0 Å². The molecule has 23 heavy (non-hydrogen) atoms. The first kappa shape index (κ1) is 15.4. The van der Waals surface area contributed by atoms with E-state index < -0.39 is 9.84 Å². The molecule has 0 aliphatic heterocycles. The number of carbonyl (C=O) groups is 1. The maximum absolute atomic E-state index is 12.5. The van der Waals surface area contributed by atoms with Crippen LogP contribution >= 0.6 is 11.3 Å². The number of hydrogen-bond acceptors (Lipinski definition) is 5. The number of nitrogens with zero attached hydrogens (tertiary/aromatic N) is 1. The van der Waals surface area contributed by atoms with Gasteiger partial charge in [-0.25, -0.2) is 8.42 Å². The molecule has 1 amide bonds. The fourth-order valence-corrected chi connectivity index (χ4v) is 4.56. The number of thiophene rings is 1. The van der Waals surface area contributed by atoms with Crippen molar-refractivity contribution in [3.8, 4) is 0 Å². The van der Waals surface area contributed by atoms with Crippen molar-refractivity contribution in [2.24, 2.45) is 0 Å². The first-order chi connectivity index (χ1) is 11.1. The molecule has 0 saturated carbocycles. The third-order valence-corrected chi connectivity index (χ3v) is 6.39.